The van der Waals surface area contributed by atoms with Crippen LogP contribution in [0.3, 0.4) is 0 Å². The second kappa shape index (κ2) is 7.26. The van der Waals surface area contributed by atoms with E-state index >= 15 is 0 Å². The second-order valence-corrected chi connectivity index (χ2v) is 7.13. The van der Waals surface area contributed by atoms with E-state index in [0.29, 0.717) is 17.9 Å². The molecule has 0 atom stereocenters. The summed E-state index contributed by atoms with van der Waals surface area (Å²) in [6.45, 7) is 10.9. The average Bonchev–Trinajstić information content (AvgIpc) is 2.35. The van der Waals surface area contributed by atoms with Crippen molar-refractivity contribution in [3.63, 3.8) is 0 Å². The van der Waals surface area contributed by atoms with Crippen LogP contribution in [0.15, 0.2) is 12.1 Å². The molecule has 0 unspecified atom stereocenters. The van der Waals surface area contributed by atoms with Crippen LogP contribution in [0.2, 0.25) is 0 Å². The summed E-state index contributed by atoms with van der Waals surface area (Å²) in [5, 5.41) is 3.54. The first-order valence-corrected chi connectivity index (χ1v) is 8.41. The summed E-state index contributed by atoms with van der Waals surface area (Å²) in [4.78, 5) is 7.25. The second-order valence-electron chi connectivity index (χ2n) is 7.13. The van der Waals surface area contributed by atoms with E-state index in [-0.39, 0.29) is 0 Å². The van der Waals surface area contributed by atoms with Crippen molar-refractivity contribution < 1.29 is 0 Å². The molecule has 1 N–H and O–H groups in total. The van der Waals surface area contributed by atoms with E-state index in [1.807, 2.05) is 0 Å². The molecular weight excluding hydrogens is 258 g/mol. The third kappa shape index (κ3) is 4.44. The maximum atomic E-state index is 4.88. The average molecular weight is 289 g/mol. The van der Waals surface area contributed by atoms with Crippen molar-refractivity contribution in [1.82, 2.24) is 10.3 Å². The molecule has 118 valence electrons. The smallest absolute Gasteiger partial charge is 0.129 e. The molecule has 1 saturated carbocycles. The van der Waals surface area contributed by atoms with E-state index < -0.39 is 0 Å². The van der Waals surface area contributed by atoms with Gasteiger partial charge in [-0.05, 0) is 55.3 Å². The number of rotatable bonds is 7. The molecule has 1 aromatic rings. The van der Waals surface area contributed by atoms with Gasteiger partial charge in [-0.15, -0.1) is 0 Å². The summed E-state index contributed by atoms with van der Waals surface area (Å²) in [6, 6.07) is 5.21. The van der Waals surface area contributed by atoms with Gasteiger partial charge < -0.3 is 10.2 Å². The number of nitrogens with zero attached hydrogens (tertiary/aromatic N) is 2. The molecule has 2 rings (SSSR count). The molecule has 3 heteroatoms. The molecule has 0 spiro atoms. The Bertz CT molecular complexity index is 450. The molecule has 1 aromatic heterocycles. The van der Waals surface area contributed by atoms with Crippen molar-refractivity contribution in [2.45, 2.75) is 65.5 Å². The molecule has 0 radical (unpaired) electrons. The lowest BCUT2D eigenvalue weighted by molar-refractivity contribution is 0.399. The SMILES string of the molecule is CC(C)CNCc1cc(C(C)C)nc(N(C)C2CCC2)c1. The molecule has 0 amide bonds. The van der Waals surface area contributed by atoms with Gasteiger partial charge in [0.05, 0.1) is 0 Å². The third-order valence-electron chi connectivity index (χ3n) is 4.35. The Morgan fingerprint density at radius 2 is 1.95 bits per heavy atom. The fourth-order valence-corrected chi connectivity index (χ4v) is 2.64. The fourth-order valence-electron chi connectivity index (χ4n) is 2.64. The van der Waals surface area contributed by atoms with Crippen LogP contribution in [-0.2, 0) is 6.54 Å². The summed E-state index contributed by atoms with van der Waals surface area (Å²) in [7, 11) is 2.20. The largest absolute Gasteiger partial charge is 0.357 e. The molecular formula is C18H31N3. The highest BCUT2D eigenvalue weighted by Gasteiger charge is 2.23. The zero-order valence-corrected chi connectivity index (χ0v) is 14.3. The maximum Gasteiger partial charge on any atom is 0.129 e. The van der Waals surface area contributed by atoms with Gasteiger partial charge in [0.25, 0.3) is 0 Å². The van der Waals surface area contributed by atoms with Gasteiger partial charge >= 0.3 is 0 Å². The molecule has 0 aliphatic heterocycles. The molecule has 1 aliphatic carbocycles. The van der Waals surface area contributed by atoms with Gasteiger partial charge in [-0.1, -0.05) is 27.7 Å². The number of nitrogens with one attached hydrogen (secondary N) is 1. The first kappa shape index (κ1) is 16.3. The highest BCUT2D eigenvalue weighted by Crippen LogP contribution is 2.28. The molecule has 21 heavy (non-hydrogen) atoms. The van der Waals surface area contributed by atoms with Crippen LogP contribution in [-0.4, -0.2) is 24.6 Å². The van der Waals surface area contributed by atoms with E-state index in [1.54, 1.807) is 0 Å². The minimum absolute atomic E-state index is 0.476. The van der Waals surface area contributed by atoms with Crippen LogP contribution >= 0.6 is 0 Å². The highest BCUT2D eigenvalue weighted by molar-refractivity contribution is 5.44. The summed E-state index contributed by atoms with van der Waals surface area (Å²) in [5.41, 5.74) is 2.57. The Morgan fingerprint density at radius 1 is 1.24 bits per heavy atom. The lowest BCUT2D eigenvalue weighted by Crippen LogP contribution is -2.37. The van der Waals surface area contributed by atoms with Crippen molar-refractivity contribution >= 4 is 5.82 Å². The number of anilines is 1. The summed E-state index contributed by atoms with van der Waals surface area (Å²) in [6.07, 6.45) is 3.98. The zero-order chi connectivity index (χ0) is 15.4. The van der Waals surface area contributed by atoms with Crippen LogP contribution in [0.25, 0.3) is 0 Å². The van der Waals surface area contributed by atoms with Crippen LogP contribution < -0.4 is 10.2 Å². The Morgan fingerprint density at radius 3 is 2.48 bits per heavy atom. The number of hydrogen-bond acceptors (Lipinski definition) is 3. The van der Waals surface area contributed by atoms with Gasteiger partial charge in [-0.25, -0.2) is 4.98 Å². The van der Waals surface area contributed by atoms with Crippen molar-refractivity contribution in [1.29, 1.82) is 0 Å². The Balaban J connectivity index is 2.13. The first-order valence-electron chi connectivity index (χ1n) is 8.41. The highest BCUT2D eigenvalue weighted by atomic mass is 15.2. The number of aromatic nitrogens is 1. The number of pyridine rings is 1. The topological polar surface area (TPSA) is 28.2 Å². The molecule has 1 heterocycles. The van der Waals surface area contributed by atoms with Crippen molar-refractivity contribution in [2.24, 2.45) is 5.92 Å². The Hall–Kier alpha value is -1.09. The maximum absolute atomic E-state index is 4.88. The van der Waals surface area contributed by atoms with Gasteiger partial charge in [0.15, 0.2) is 0 Å². The van der Waals surface area contributed by atoms with Crippen molar-refractivity contribution in [2.75, 3.05) is 18.5 Å². The van der Waals surface area contributed by atoms with E-state index in [0.717, 1.165) is 18.9 Å². The summed E-state index contributed by atoms with van der Waals surface area (Å²) in [5.74, 6) is 2.31. The van der Waals surface area contributed by atoms with E-state index in [2.05, 4.69) is 57.1 Å². The van der Waals surface area contributed by atoms with E-state index in [4.69, 9.17) is 4.98 Å². The summed E-state index contributed by atoms with van der Waals surface area (Å²) >= 11 is 0. The fraction of sp³-hybridized carbons (Fsp3) is 0.722. The first-order chi connectivity index (χ1) is 9.97. The normalized spacial score (nSPS) is 15.6. The van der Waals surface area contributed by atoms with E-state index in [9.17, 15) is 0 Å². The van der Waals surface area contributed by atoms with Gasteiger partial charge in [-0.2, -0.15) is 0 Å². The van der Waals surface area contributed by atoms with E-state index in [1.165, 1.54) is 30.5 Å². The van der Waals surface area contributed by atoms with Gasteiger partial charge in [-0.3, -0.25) is 0 Å². The van der Waals surface area contributed by atoms with Gasteiger partial charge in [0.2, 0.25) is 0 Å². The number of hydrogen-bond donors (Lipinski definition) is 1. The zero-order valence-electron chi connectivity index (χ0n) is 14.3. The Labute approximate surface area is 130 Å². The van der Waals surface area contributed by atoms with Crippen LogP contribution in [0, 0.1) is 5.92 Å². The molecule has 0 bridgehead atoms. The van der Waals surface area contributed by atoms with Crippen LogP contribution in [0.4, 0.5) is 5.82 Å². The minimum atomic E-state index is 0.476. The third-order valence-corrected chi connectivity index (χ3v) is 4.35. The lowest BCUT2D eigenvalue weighted by Gasteiger charge is -2.36. The Kier molecular flexibility index (Phi) is 5.63. The van der Waals surface area contributed by atoms with Crippen molar-refractivity contribution in [3.8, 4) is 0 Å². The molecule has 1 fully saturated rings. The molecule has 1 aliphatic rings. The predicted molar refractivity (Wildman–Crippen MR) is 90.9 cm³/mol. The van der Waals surface area contributed by atoms with Crippen LogP contribution in [0.5, 0.6) is 0 Å². The summed E-state index contributed by atoms with van der Waals surface area (Å²) < 4.78 is 0. The lowest BCUT2D eigenvalue weighted by atomic mass is 9.92. The van der Waals surface area contributed by atoms with Gasteiger partial charge in [0.1, 0.15) is 5.82 Å². The van der Waals surface area contributed by atoms with Crippen LogP contribution in [0.1, 0.15) is 64.1 Å². The predicted octanol–water partition coefficient (Wildman–Crippen LogP) is 3.94. The van der Waals surface area contributed by atoms with Crippen molar-refractivity contribution in [3.05, 3.63) is 23.4 Å². The molecule has 0 saturated heterocycles. The van der Waals surface area contributed by atoms with Gasteiger partial charge in [0, 0.05) is 25.3 Å². The standard InChI is InChI=1S/C18H31N3/c1-13(2)11-19-12-15-9-17(14(3)4)20-18(10-15)21(5)16-7-6-8-16/h9-10,13-14,16,19H,6-8,11-12H2,1-5H3. The minimum Gasteiger partial charge on any atom is -0.357 e. The molecule has 0 aromatic carbocycles. The monoisotopic (exact) mass is 289 g/mol. The quantitative estimate of drug-likeness (QED) is 0.824. The molecule has 3 nitrogen and oxygen atoms in total.